The first-order valence-corrected chi connectivity index (χ1v) is 7.12. The number of hydrogen-bond donors (Lipinski definition) is 1. The molecule has 2 aromatic carbocycles. The van der Waals surface area contributed by atoms with E-state index in [9.17, 15) is 0 Å². The van der Waals surface area contributed by atoms with E-state index in [1.54, 1.807) is 6.20 Å². The predicted octanol–water partition coefficient (Wildman–Crippen LogP) is 4.10. The number of aromatic nitrogens is 2. The Labute approximate surface area is 125 Å². The van der Waals surface area contributed by atoms with Crippen LogP contribution in [0.1, 0.15) is 16.7 Å². The molecule has 0 saturated heterocycles. The molecule has 0 radical (unpaired) electrons. The van der Waals surface area contributed by atoms with E-state index >= 15 is 0 Å². The molecule has 1 heterocycles. The summed E-state index contributed by atoms with van der Waals surface area (Å²) in [5.41, 5.74) is 6.10. The summed E-state index contributed by atoms with van der Waals surface area (Å²) in [5, 5.41) is 7.75. The molecule has 1 N–H and O–H groups in total. The first-order chi connectivity index (χ1) is 10.2. The van der Waals surface area contributed by atoms with Gasteiger partial charge in [-0.3, -0.25) is 0 Å². The van der Waals surface area contributed by atoms with Crippen molar-refractivity contribution in [2.45, 2.75) is 20.4 Å². The van der Waals surface area contributed by atoms with Crippen LogP contribution < -0.4 is 5.32 Å². The molecule has 0 aliphatic heterocycles. The molecule has 3 heteroatoms. The van der Waals surface area contributed by atoms with Crippen LogP contribution in [-0.2, 0) is 6.54 Å². The lowest BCUT2D eigenvalue weighted by atomic mass is 10.1. The Morgan fingerprint density at radius 2 is 1.95 bits per heavy atom. The minimum atomic E-state index is 0.829. The molecule has 106 valence electrons. The van der Waals surface area contributed by atoms with E-state index in [4.69, 9.17) is 0 Å². The zero-order valence-electron chi connectivity index (χ0n) is 12.4. The van der Waals surface area contributed by atoms with E-state index < -0.39 is 0 Å². The van der Waals surface area contributed by atoms with Crippen LogP contribution in [0.25, 0.3) is 5.69 Å². The van der Waals surface area contributed by atoms with Gasteiger partial charge in [0.15, 0.2) is 0 Å². The Kier molecular flexibility index (Phi) is 3.73. The first-order valence-electron chi connectivity index (χ1n) is 7.12. The fraction of sp³-hybridized carbons (Fsp3) is 0.167. The lowest BCUT2D eigenvalue weighted by molar-refractivity contribution is 0.880. The third kappa shape index (κ3) is 3.14. The van der Waals surface area contributed by atoms with E-state index in [1.807, 2.05) is 23.0 Å². The van der Waals surface area contributed by atoms with Gasteiger partial charge in [-0.05, 0) is 49.2 Å². The van der Waals surface area contributed by atoms with Gasteiger partial charge in [0, 0.05) is 24.6 Å². The van der Waals surface area contributed by atoms with Crippen molar-refractivity contribution in [1.29, 1.82) is 0 Å². The molecular formula is C18H19N3. The molecule has 0 saturated carbocycles. The van der Waals surface area contributed by atoms with Gasteiger partial charge in [0.05, 0.1) is 5.69 Å². The van der Waals surface area contributed by atoms with E-state index in [0.29, 0.717) is 0 Å². The number of anilines is 1. The fourth-order valence-corrected chi connectivity index (χ4v) is 2.37. The molecule has 0 spiro atoms. The lowest BCUT2D eigenvalue weighted by Gasteiger charge is -2.11. The van der Waals surface area contributed by atoms with Crippen molar-refractivity contribution in [3.05, 3.63) is 77.6 Å². The number of rotatable bonds is 4. The number of nitrogens with zero attached hydrogens (tertiary/aromatic N) is 2. The predicted molar refractivity (Wildman–Crippen MR) is 86.8 cm³/mol. The van der Waals surface area contributed by atoms with Crippen LogP contribution in [0.15, 0.2) is 60.9 Å². The highest BCUT2D eigenvalue weighted by molar-refractivity contribution is 5.51. The molecule has 0 unspecified atom stereocenters. The van der Waals surface area contributed by atoms with Crippen LogP contribution in [0.2, 0.25) is 0 Å². The molecule has 3 rings (SSSR count). The van der Waals surface area contributed by atoms with Gasteiger partial charge >= 0.3 is 0 Å². The number of hydrogen-bond acceptors (Lipinski definition) is 2. The van der Waals surface area contributed by atoms with Gasteiger partial charge < -0.3 is 5.32 Å². The van der Waals surface area contributed by atoms with Gasteiger partial charge in [-0.1, -0.05) is 29.8 Å². The molecule has 1 aromatic heterocycles. The largest absolute Gasteiger partial charge is 0.381 e. The van der Waals surface area contributed by atoms with Crippen LogP contribution in [0.3, 0.4) is 0 Å². The maximum Gasteiger partial charge on any atom is 0.0666 e. The summed E-state index contributed by atoms with van der Waals surface area (Å²) in [5.74, 6) is 0. The van der Waals surface area contributed by atoms with Crippen molar-refractivity contribution in [3.8, 4) is 5.69 Å². The maximum atomic E-state index is 4.26. The van der Waals surface area contributed by atoms with Crippen LogP contribution in [0.5, 0.6) is 0 Å². The minimum absolute atomic E-state index is 0.829. The van der Waals surface area contributed by atoms with E-state index in [-0.39, 0.29) is 0 Å². The van der Waals surface area contributed by atoms with Gasteiger partial charge in [0.1, 0.15) is 0 Å². The Morgan fingerprint density at radius 1 is 1.05 bits per heavy atom. The normalized spacial score (nSPS) is 10.6. The molecule has 0 aliphatic carbocycles. The quantitative estimate of drug-likeness (QED) is 0.778. The zero-order valence-corrected chi connectivity index (χ0v) is 12.4. The first kappa shape index (κ1) is 13.4. The molecular weight excluding hydrogens is 258 g/mol. The average molecular weight is 277 g/mol. The van der Waals surface area contributed by atoms with Gasteiger partial charge in [0.25, 0.3) is 0 Å². The van der Waals surface area contributed by atoms with Gasteiger partial charge in [-0.25, -0.2) is 4.68 Å². The molecule has 0 amide bonds. The summed E-state index contributed by atoms with van der Waals surface area (Å²) in [7, 11) is 0. The van der Waals surface area contributed by atoms with E-state index in [1.165, 1.54) is 16.7 Å². The highest BCUT2D eigenvalue weighted by Gasteiger charge is 2.01. The fourth-order valence-electron chi connectivity index (χ4n) is 2.37. The molecule has 0 bridgehead atoms. The second-order valence-corrected chi connectivity index (χ2v) is 5.28. The highest BCUT2D eigenvalue weighted by Crippen LogP contribution is 2.17. The summed E-state index contributed by atoms with van der Waals surface area (Å²) in [6.45, 7) is 5.11. The Hall–Kier alpha value is -2.55. The monoisotopic (exact) mass is 277 g/mol. The molecule has 3 nitrogen and oxygen atoms in total. The lowest BCUT2D eigenvalue weighted by Crippen LogP contribution is -2.03. The second kappa shape index (κ2) is 5.83. The molecule has 3 aromatic rings. The van der Waals surface area contributed by atoms with Gasteiger partial charge in [0.2, 0.25) is 0 Å². The van der Waals surface area contributed by atoms with Crippen molar-refractivity contribution in [1.82, 2.24) is 9.78 Å². The van der Waals surface area contributed by atoms with Crippen LogP contribution in [-0.4, -0.2) is 9.78 Å². The van der Waals surface area contributed by atoms with Crippen molar-refractivity contribution in [2.24, 2.45) is 0 Å². The standard InChI is InChI=1S/C18H19N3/c1-14-7-8-15(2)16(11-14)13-19-17-5-3-6-18(12-17)21-10-4-9-20-21/h3-12,19H,13H2,1-2H3. The van der Waals surface area contributed by atoms with Crippen molar-refractivity contribution < 1.29 is 0 Å². The van der Waals surface area contributed by atoms with Crippen LogP contribution >= 0.6 is 0 Å². The van der Waals surface area contributed by atoms with Gasteiger partial charge in [-0.2, -0.15) is 5.10 Å². The SMILES string of the molecule is Cc1ccc(C)c(CNc2cccc(-n3cccn3)c2)c1. The smallest absolute Gasteiger partial charge is 0.0666 e. The topological polar surface area (TPSA) is 29.9 Å². The summed E-state index contributed by atoms with van der Waals surface area (Å²) in [4.78, 5) is 0. The number of nitrogens with one attached hydrogen (secondary N) is 1. The van der Waals surface area contributed by atoms with Crippen LogP contribution in [0.4, 0.5) is 5.69 Å². The molecule has 0 atom stereocenters. The second-order valence-electron chi connectivity index (χ2n) is 5.28. The summed E-state index contributed by atoms with van der Waals surface area (Å²) in [6.07, 6.45) is 3.74. The Bertz CT molecular complexity index is 730. The molecule has 0 aliphatic rings. The average Bonchev–Trinajstić information content (AvgIpc) is 3.03. The van der Waals surface area contributed by atoms with Crippen LogP contribution in [0, 0.1) is 13.8 Å². The Balaban J connectivity index is 1.76. The van der Waals surface area contributed by atoms with Gasteiger partial charge in [-0.15, -0.1) is 0 Å². The van der Waals surface area contributed by atoms with Crippen molar-refractivity contribution in [2.75, 3.05) is 5.32 Å². The third-order valence-corrected chi connectivity index (χ3v) is 3.60. The van der Waals surface area contributed by atoms with Crippen molar-refractivity contribution in [3.63, 3.8) is 0 Å². The summed E-state index contributed by atoms with van der Waals surface area (Å²) < 4.78 is 1.86. The molecule has 21 heavy (non-hydrogen) atoms. The minimum Gasteiger partial charge on any atom is -0.381 e. The van der Waals surface area contributed by atoms with E-state index in [2.05, 4.69) is 60.7 Å². The zero-order chi connectivity index (χ0) is 14.7. The summed E-state index contributed by atoms with van der Waals surface area (Å²) in [6, 6.07) is 16.8. The molecule has 0 fully saturated rings. The highest BCUT2D eigenvalue weighted by atomic mass is 15.3. The van der Waals surface area contributed by atoms with E-state index in [0.717, 1.165) is 17.9 Å². The maximum absolute atomic E-state index is 4.26. The van der Waals surface area contributed by atoms with Crippen molar-refractivity contribution >= 4 is 5.69 Å². The third-order valence-electron chi connectivity index (χ3n) is 3.60. The number of benzene rings is 2. The number of aryl methyl sites for hydroxylation is 2. The summed E-state index contributed by atoms with van der Waals surface area (Å²) >= 11 is 0. The Morgan fingerprint density at radius 3 is 2.76 bits per heavy atom.